The van der Waals surface area contributed by atoms with Gasteiger partial charge in [0.25, 0.3) is 0 Å². The largest absolute Gasteiger partial charge is 0.384 e. The molecule has 2 fully saturated rings. The van der Waals surface area contributed by atoms with Gasteiger partial charge in [0.05, 0.1) is 0 Å². The minimum absolute atomic E-state index is 0.570. The molecule has 3 rings (SSSR count). The molecule has 1 aromatic rings. The highest BCUT2D eigenvalue weighted by atomic mass is 15.3. The minimum atomic E-state index is 0.570. The summed E-state index contributed by atoms with van der Waals surface area (Å²) in [5.74, 6) is 2.31. The Bertz CT molecular complexity index is 413. The molecule has 1 saturated carbocycles. The maximum Gasteiger partial charge on any atom is 0.134 e. The first-order chi connectivity index (χ1) is 9.22. The Hall–Kier alpha value is -1.36. The van der Waals surface area contributed by atoms with Gasteiger partial charge in [-0.05, 0) is 19.8 Å². The average Bonchev–Trinajstić information content (AvgIpc) is 2.91. The summed E-state index contributed by atoms with van der Waals surface area (Å²) in [7, 11) is 0. The van der Waals surface area contributed by atoms with Crippen LogP contribution in [-0.4, -0.2) is 47.1 Å². The summed E-state index contributed by atoms with van der Waals surface area (Å²) in [5.41, 5.74) is 5.80. The second-order valence-corrected chi connectivity index (χ2v) is 5.66. The Morgan fingerprint density at radius 1 is 1.11 bits per heavy atom. The standard InChI is InChI=1S/C14H23N5/c1-11-16-13(15)10-14(17-11)19-8-6-18(7-9-19)12-4-2-3-5-12/h10,12H,2-9H2,1H3,(H2,15,16,17). The van der Waals surface area contributed by atoms with Crippen molar-refractivity contribution in [2.75, 3.05) is 36.8 Å². The molecular formula is C14H23N5. The first kappa shape index (κ1) is 12.7. The Kier molecular flexibility index (Phi) is 3.55. The van der Waals surface area contributed by atoms with Crippen LogP contribution in [0.1, 0.15) is 31.5 Å². The third-order valence-corrected chi connectivity index (χ3v) is 4.32. The average molecular weight is 261 g/mol. The summed E-state index contributed by atoms with van der Waals surface area (Å²) >= 11 is 0. The lowest BCUT2D eigenvalue weighted by atomic mass is 10.2. The Morgan fingerprint density at radius 2 is 1.79 bits per heavy atom. The molecule has 5 nitrogen and oxygen atoms in total. The molecule has 0 bridgehead atoms. The van der Waals surface area contributed by atoms with Crippen molar-refractivity contribution < 1.29 is 0 Å². The molecule has 5 heteroatoms. The van der Waals surface area contributed by atoms with E-state index >= 15 is 0 Å². The first-order valence-corrected chi connectivity index (χ1v) is 7.32. The van der Waals surface area contributed by atoms with Crippen molar-refractivity contribution in [3.05, 3.63) is 11.9 Å². The van der Waals surface area contributed by atoms with Gasteiger partial charge in [-0.25, -0.2) is 9.97 Å². The number of aromatic nitrogens is 2. The summed E-state index contributed by atoms with van der Waals surface area (Å²) < 4.78 is 0. The molecule has 2 aliphatic rings. The lowest BCUT2D eigenvalue weighted by molar-refractivity contribution is 0.187. The molecule has 0 amide bonds. The van der Waals surface area contributed by atoms with Gasteiger partial charge in [0.15, 0.2) is 0 Å². The van der Waals surface area contributed by atoms with Gasteiger partial charge in [0.2, 0.25) is 0 Å². The highest BCUT2D eigenvalue weighted by molar-refractivity contribution is 5.47. The summed E-state index contributed by atoms with van der Waals surface area (Å²) in [6, 6.07) is 2.72. The van der Waals surface area contributed by atoms with E-state index in [1.807, 2.05) is 13.0 Å². The number of piperazine rings is 1. The topological polar surface area (TPSA) is 58.3 Å². The second kappa shape index (κ2) is 5.33. The number of nitrogens with zero attached hydrogens (tertiary/aromatic N) is 4. The van der Waals surface area contributed by atoms with Crippen molar-refractivity contribution in [1.29, 1.82) is 0 Å². The zero-order chi connectivity index (χ0) is 13.2. The fraction of sp³-hybridized carbons (Fsp3) is 0.714. The van der Waals surface area contributed by atoms with Gasteiger partial charge in [-0.15, -0.1) is 0 Å². The van der Waals surface area contributed by atoms with Crippen LogP contribution in [0.2, 0.25) is 0 Å². The number of nitrogens with two attached hydrogens (primary N) is 1. The van der Waals surface area contributed by atoms with E-state index in [-0.39, 0.29) is 0 Å². The van der Waals surface area contributed by atoms with Crippen molar-refractivity contribution in [2.45, 2.75) is 38.6 Å². The Balaban J connectivity index is 1.63. The van der Waals surface area contributed by atoms with Crippen molar-refractivity contribution in [3.8, 4) is 0 Å². The highest BCUT2D eigenvalue weighted by Crippen LogP contribution is 2.25. The maximum atomic E-state index is 5.80. The predicted molar refractivity (Wildman–Crippen MR) is 77.2 cm³/mol. The van der Waals surface area contributed by atoms with E-state index < -0.39 is 0 Å². The molecule has 1 aliphatic carbocycles. The molecule has 0 radical (unpaired) electrons. The summed E-state index contributed by atoms with van der Waals surface area (Å²) in [6.45, 7) is 6.29. The zero-order valence-electron chi connectivity index (χ0n) is 11.7. The van der Waals surface area contributed by atoms with Crippen molar-refractivity contribution in [1.82, 2.24) is 14.9 Å². The molecule has 1 saturated heterocycles. The molecule has 1 aromatic heterocycles. The number of nitrogen functional groups attached to an aromatic ring is 1. The molecular weight excluding hydrogens is 238 g/mol. The molecule has 0 unspecified atom stereocenters. The van der Waals surface area contributed by atoms with E-state index in [0.29, 0.717) is 5.82 Å². The zero-order valence-corrected chi connectivity index (χ0v) is 11.7. The number of anilines is 2. The third-order valence-electron chi connectivity index (χ3n) is 4.32. The van der Waals surface area contributed by atoms with Crippen molar-refractivity contribution in [2.24, 2.45) is 0 Å². The molecule has 0 spiro atoms. The van der Waals surface area contributed by atoms with E-state index in [2.05, 4.69) is 19.8 Å². The van der Waals surface area contributed by atoms with Crippen LogP contribution in [0.4, 0.5) is 11.6 Å². The summed E-state index contributed by atoms with van der Waals surface area (Å²) in [5, 5.41) is 0. The molecule has 0 atom stereocenters. The van der Waals surface area contributed by atoms with Gasteiger partial charge >= 0.3 is 0 Å². The molecule has 1 aliphatic heterocycles. The highest BCUT2D eigenvalue weighted by Gasteiger charge is 2.26. The van der Waals surface area contributed by atoms with Gasteiger partial charge in [-0.1, -0.05) is 12.8 Å². The number of hydrogen-bond acceptors (Lipinski definition) is 5. The molecule has 2 N–H and O–H groups in total. The van der Waals surface area contributed by atoms with Crippen LogP contribution in [0.15, 0.2) is 6.07 Å². The smallest absolute Gasteiger partial charge is 0.134 e. The van der Waals surface area contributed by atoms with E-state index in [4.69, 9.17) is 5.73 Å². The van der Waals surface area contributed by atoms with Gasteiger partial charge < -0.3 is 10.6 Å². The van der Waals surface area contributed by atoms with E-state index in [1.54, 1.807) is 0 Å². The first-order valence-electron chi connectivity index (χ1n) is 7.32. The lowest BCUT2D eigenvalue weighted by Gasteiger charge is -2.38. The number of hydrogen-bond donors (Lipinski definition) is 1. The molecule has 104 valence electrons. The Morgan fingerprint density at radius 3 is 2.42 bits per heavy atom. The quantitative estimate of drug-likeness (QED) is 0.873. The SMILES string of the molecule is Cc1nc(N)cc(N2CCN(C3CCCC3)CC2)n1. The van der Waals surface area contributed by atoms with E-state index in [9.17, 15) is 0 Å². The van der Waals surface area contributed by atoms with Crippen LogP contribution in [0.3, 0.4) is 0 Å². The van der Waals surface area contributed by atoms with Gasteiger partial charge in [-0.2, -0.15) is 0 Å². The summed E-state index contributed by atoms with van der Waals surface area (Å²) in [6.07, 6.45) is 5.60. The van der Waals surface area contributed by atoms with Crippen LogP contribution in [0.5, 0.6) is 0 Å². The minimum Gasteiger partial charge on any atom is -0.384 e. The van der Waals surface area contributed by atoms with Gasteiger partial charge in [0, 0.05) is 38.3 Å². The normalized spacial score (nSPS) is 22.1. The van der Waals surface area contributed by atoms with E-state index in [1.165, 1.54) is 25.7 Å². The number of aryl methyl sites for hydroxylation is 1. The van der Waals surface area contributed by atoms with Crippen LogP contribution >= 0.6 is 0 Å². The van der Waals surface area contributed by atoms with Crippen LogP contribution in [0, 0.1) is 6.92 Å². The van der Waals surface area contributed by atoms with Crippen LogP contribution in [0.25, 0.3) is 0 Å². The lowest BCUT2D eigenvalue weighted by Crippen LogP contribution is -2.50. The Labute approximate surface area is 114 Å². The van der Waals surface area contributed by atoms with Crippen LogP contribution in [-0.2, 0) is 0 Å². The van der Waals surface area contributed by atoms with Crippen molar-refractivity contribution in [3.63, 3.8) is 0 Å². The molecule has 2 heterocycles. The molecule has 19 heavy (non-hydrogen) atoms. The monoisotopic (exact) mass is 261 g/mol. The van der Waals surface area contributed by atoms with Crippen molar-refractivity contribution >= 4 is 11.6 Å². The molecule has 0 aromatic carbocycles. The van der Waals surface area contributed by atoms with E-state index in [0.717, 1.165) is 43.9 Å². The van der Waals surface area contributed by atoms with Gasteiger partial charge in [-0.3, -0.25) is 4.90 Å². The third kappa shape index (κ3) is 2.81. The van der Waals surface area contributed by atoms with Gasteiger partial charge in [0.1, 0.15) is 17.5 Å². The fourth-order valence-corrected chi connectivity index (χ4v) is 3.32. The van der Waals surface area contributed by atoms with Crippen LogP contribution < -0.4 is 10.6 Å². The fourth-order valence-electron chi connectivity index (χ4n) is 3.32. The predicted octanol–water partition coefficient (Wildman–Crippen LogP) is 1.43. The summed E-state index contributed by atoms with van der Waals surface area (Å²) in [4.78, 5) is 13.6. The second-order valence-electron chi connectivity index (χ2n) is 5.66. The number of rotatable bonds is 2. The maximum absolute atomic E-state index is 5.80.